The molecule has 0 atom stereocenters. The Hall–Kier alpha value is -1.43. The predicted molar refractivity (Wildman–Crippen MR) is 60.2 cm³/mol. The lowest BCUT2D eigenvalue weighted by molar-refractivity contribution is 0.0696. The summed E-state index contributed by atoms with van der Waals surface area (Å²) >= 11 is 3.16. The quantitative estimate of drug-likeness (QED) is 0.800. The van der Waals surface area contributed by atoms with Gasteiger partial charge in [0.2, 0.25) is 5.95 Å². The fraction of sp³-hybridized carbons (Fsp3) is 0.222. The van der Waals surface area contributed by atoms with Gasteiger partial charge in [0.15, 0.2) is 0 Å². The second-order valence-corrected chi connectivity index (χ2v) is 3.21. The molecule has 5 nitrogen and oxygen atoms in total. The number of nitrogens with zero attached hydrogens (tertiary/aromatic N) is 2. The first-order valence-electron chi connectivity index (χ1n) is 4.28. The van der Waals surface area contributed by atoms with E-state index < -0.39 is 5.97 Å². The van der Waals surface area contributed by atoms with E-state index >= 15 is 0 Å². The van der Waals surface area contributed by atoms with Crippen molar-refractivity contribution in [2.75, 3.05) is 11.9 Å². The van der Waals surface area contributed by atoms with Gasteiger partial charge in [0.05, 0.1) is 5.56 Å². The van der Waals surface area contributed by atoms with E-state index in [-0.39, 0.29) is 5.56 Å². The minimum atomic E-state index is -1.02. The zero-order valence-corrected chi connectivity index (χ0v) is 9.44. The van der Waals surface area contributed by atoms with E-state index in [9.17, 15) is 4.79 Å². The second kappa shape index (κ2) is 6.13. The third-order valence-corrected chi connectivity index (χ3v) is 1.96. The summed E-state index contributed by atoms with van der Waals surface area (Å²) in [5, 5.41) is 11.6. The molecule has 0 aromatic carbocycles. The zero-order chi connectivity index (χ0) is 11.1. The Balaban J connectivity index is 2.46. The first-order chi connectivity index (χ1) is 7.24. The Kier molecular flexibility index (Phi) is 4.76. The zero-order valence-electron chi connectivity index (χ0n) is 7.85. The number of anilines is 1. The largest absolute Gasteiger partial charge is 0.478 e. The van der Waals surface area contributed by atoms with Crippen LogP contribution in [0.3, 0.4) is 0 Å². The lowest BCUT2D eigenvalue weighted by atomic mass is 10.3. The molecule has 1 aromatic rings. The van der Waals surface area contributed by atoms with Crippen LogP contribution in [0.1, 0.15) is 16.8 Å². The topological polar surface area (TPSA) is 75.1 Å². The van der Waals surface area contributed by atoms with Gasteiger partial charge in [-0.2, -0.15) is 0 Å². The Morgan fingerprint density at radius 1 is 1.53 bits per heavy atom. The molecule has 1 aromatic heterocycles. The first-order valence-corrected chi connectivity index (χ1v) is 5.20. The van der Waals surface area contributed by atoms with Gasteiger partial charge >= 0.3 is 5.97 Å². The van der Waals surface area contributed by atoms with E-state index in [1.54, 1.807) is 4.99 Å². The van der Waals surface area contributed by atoms with Crippen LogP contribution in [0.2, 0.25) is 0 Å². The molecule has 0 fully saturated rings. The molecule has 0 amide bonds. The van der Waals surface area contributed by atoms with Gasteiger partial charge in [0.1, 0.15) is 0 Å². The summed E-state index contributed by atoms with van der Waals surface area (Å²) in [4.78, 5) is 20.0. The smallest absolute Gasteiger partial charge is 0.338 e. The van der Waals surface area contributed by atoms with Crippen molar-refractivity contribution in [1.82, 2.24) is 9.97 Å². The molecule has 0 spiro atoms. The van der Waals surface area contributed by atoms with Gasteiger partial charge in [-0.15, -0.1) is 0 Å². The van der Waals surface area contributed by atoms with Crippen molar-refractivity contribution in [2.24, 2.45) is 0 Å². The lowest BCUT2D eigenvalue weighted by Crippen LogP contribution is -2.06. The van der Waals surface area contributed by atoms with Crippen LogP contribution in [0.4, 0.5) is 5.95 Å². The van der Waals surface area contributed by atoms with Gasteiger partial charge in [-0.1, -0.05) is 22.0 Å². The number of rotatable bonds is 5. The number of aromatic carboxylic acids is 1. The van der Waals surface area contributed by atoms with E-state index in [0.29, 0.717) is 12.5 Å². The van der Waals surface area contributed by atoms with Crippen LogP contribution < -0.4 is 5.32 Å². The molecule has 15 heavy (non-hydrogen) atoms. The van der Waals surface area contributed by atoms with Crippen LogP contribution in [0.15, 0.2) is 23.5 Å². The summed E-state index contributed by atoms with van der Waals surface area (Å²) in [7, 11) is 0. The fourth-order valence-corrected chi connectivity index (χ4v) is 1.12. The maximum atomic E-state index is 10.5. The molecule has 0 bridgehead atoms. The highest BCUT2D eigenvalue weighted by molar-refractivity contribution is 9.11. The predicted octanol–water partition coefficient (Wildman–Crippen LogP) is 1.89. The number of nitrogens with one attached hydrogen (secondary N) is 1. The molecular formula is C9H10BrN3O2. The maximum absolute atomic E-state index is 10.5. The summed E-state index contributed by atoms with van der Waals surface area (Å²) in [6, 6.07) is 0. The molecule has 0 saturated carbocycles. The van der Waals surface area contributed by atoms with Gasteiger partial charge in [-0.05, 0) is 11.4 Å². The summed E-state index contributed by atoms with van der Waals surface area (Å²) in [5.74, 6) is -0.591. The Bertz CT molecular complexity index is 351. The van der Waals surface area contributed by atoms with Crippen molar-refractivity contribution in [3.05, 3.63) is 29.0 Å². The highest BCUT2D eigenvalue weighted by Crippen LogP contribution is 2.00. The molecule has 0 radical (unpaired) electrons. The van der Waals surface area contributed by atoms with E-state index in [1.807, 2.05) is 6.08 Å². The van der Waals surface area contributed by atoms with Crippen molar-refractivity contribution in [2.45, 2.75) is 6.42 Å². The van der Waals surface area contributed by atoms with Crippen molar-refractivity contribution in [3.8, 4) is 0 Å². The molecular weight excluding hydrogens is 262 g/mol. The number of aromatic nitrogens is 2. The van der Waals surface area contributed by atoms with Gasteiger partial charge in [-0.3, -0.25) is 0 Å². The van der Waals surface area contributed by atoms with E-state index in [1.165, 1.54) is 12.4 Å². The average molecular weight is 272 g/mol. The third-order valence-electron chi connectivity index (χ3n) is 1.58. The normalized spacial score (nSPS) is 10.5. The monoisotopic (exact) mass is 271 g/mol. The van der Waals surface area contributed by atoms with E-state index in [4.69, 9.17) is 5.11 Å². The van der Waals surface area contributed by atoms with E-state index in [0.717, 1.165) is 6.42 Å². The second-order valence-electron chi connectivity index (χ2n) is 2.68. The van der Waals surface area contributed by atoms with Crippen molar-refractivity contribution < 1.29 is 9.90 Å². The summed E-state index contributed by atoms with van der Waals surface area (Å²) in [6.45, 7) is 0.703. The molecule has 1 heterocycles. The SMILES string of the molecule is O=C(O)c1cnc(NCC/C=C/Br)nc1. The molecule has 2 N–H and O–H groups in total. The lowest BCUT2D eigenvalue weighted by Gasteiger charge is -2.01. The number of halogens is 1. The molecule has 0 aliphatic heterocycles. The number of carbonyl (C=O) groups is 1. The highest BCUT2D eigenvalue weighted by Gasteiger charge is 2.02. The number of carboxylic acid groups (broad SMARTS) is 1. The molecule has 80 valence electrons. The first kappa shape index (κ1) is 11.6. The van der Waals surface area contributed by atoms with Gasteiger partial charge < -0.3 is 10.4 Å². The standard InChI is InChI=1S/C9H10BrN3O2/c10-3-1-2-4-11-9-12-5-7(6-13-9)8(14)15/h1,3,5-6H,2,4H2,(H,14,15)(H,11,12,13)/b3-1+. The molecule has 6 heteroatoms. The molecule has 0 saturated heterocycles. The fourth-order valence-electron chi connectivity index (χ4n) is 0.860. The van der Waals surface area contributed by atoms with Crippen molar-refractivity contribution in [3.63, 3.8) is 0 Å². The third kappa shape index (κ3) is 4.07. The summed E-state index contributed by atoms with van der Waals surface area (Å²) in [5.41, 5.74) is 0.0842. The van der Waals surface area contributed by atoms with Crippen LogP contribution in [-0.4, -0.2) is 27.6 Å². The Morgan fingerprint density at radius 3 is 2.73 bits per heavy atom. The van der Waals surface area contributed by atoms with Crippen molar-refractivity contribution >= 4 is 27.8 Å². The summed E-state index contributed by atoms with van der Waals surface area (Å²) < 4.78 is 0. The summed E-state index contributed by atoms with van der Waals surface area (Å²) in [6.07, 6.45) is 5.34. The molecule has 0 aliphatic carbocycles. The van der Waals surface area contributed by atoms with Crippen molar-refractivity contribution in [1.29, 1.82) is 0 Å². The Morgan fingerprint density at radius 2 is 2.20 bits per heavy atom. The van der Waals surface area contributed by atoms with Crippen LogP contribution in [0.5, 0.6) is 0 Å². The molecule has 1 rings (SSSR count). The van der Waals surface area contributed by atoms with Crippen LogP contribution in [0.25, 0.3) is 0 Å². The molecule has 0 unspecified atom stereocenters. The highest BCUT2D eigenvalue weighted by atomic mass is 79.9. The minimum absolute atomic E-state index is 0.0842. The van der Waals surface area contributed by atoms with Gasteiger partial charge in [-0.25, -0.2) is 14.8 Å². The Labute approximate surface area is 95.4 Å². The number of hydrogen-bond donors (Lipinski definition) is 2. The molecule has 0 aliphatic rings. The van der Waals surface area contributed by atoms with Crippen LogP contribution in [0, 0.1) is 0 Å². The maximum Gasteiger partial charge on any atom is 0.338 e. The number of carboxylic acids is 1. The van der Waals surface area contributed by atoms with E-state index in [2.05, 4.69) is 31.2 Å². The van der Waals surface area contributed by atoms with Gasteiger partial charge in [0.25, 0.3) is 0 Å². The number of hydrogen-bond acceptors (Lipinski definition) is 4. The average Bonchev–Trinajstić information content (AvgIpc) is 2.25. The minimum Gasteiger partial charge on any atom is -0.478 e. The van der Waals surface area contributed by atoms with Gasteiger partial charge in [0, 0.05) is 18.9 Å². The van der Waals surface area contributed by atoms with Crippen LogP contribution >= 0.6 is 15.9 Å². The van der Waals surface area contributed by atoms with Crippen LogP contribution in [-0.2, 0) is 0 Å².